The molecule has 0 aliphatic rings. The lowest BCUT2D eigenvalue weighted by Crippen LogP contribution is -2.18. The molecular weight excluding hydrogens is 334 g/mol. The molecule has 0 atom stereocenters. The summed E-state index contributed by atoms with van der Waals surface area (Å²) >= 11 is 1.02. The van der Waals surface area contributed by atoms with Crippen molar-refractivity contribution in [2.45, 2.75) is 0 Å². The van der Waals surface area contributed by atoms with Crippen LogP contribution in [0.3, 0.4) is 0 Å². The van der Waals surface area contributed by atoms with E-state index in [9.17, 15) is 14.7 Å². The summed E-state index contributed by atoms with van der Waals surface area (Å²) in [4.78, 5) is 35.9. The second-order valence-corrected chi connectivity index (χ2v) is 5.37. The van der Waals surface area contributed by atoms with Gasteiger partial charge in [-0.3, -0.25) is 9.36 Å². The Balaban J connectivity index is 1.98. The molecule has 0 aliphatic heterocycles. The highest BCUT2D eigenvalue weighted by molar-refractivity contribution is 7.08. The van der Waals surface area contributed by atoms with Gasteiger partial charge in [0.05, 0.1) is 5.39 Å². The minimum Gasteiger partial charge on any atom is -0.477 e. The van der Waals surface area contributed by atoms with E-state index in [0.717, 1.165) is 11.5 Å². The van der Waals surface area contributed by atoms with Crippen molar-refractivity contribution < 1.29 is 9.90 Å². The summed E-state index contributed by atoms with van der Waals surface area (Å²) in [6.07, 6.45) is 5.50. The Morgan fingerprint density at radius 3 is 2.96 bits per heavy atom. The smallest absolute Gasteiger partial charge is 0.341 e. The molecule has 4 aromatic rings. The van der Waals surface area contributed by atoms with Crippen molar-refractivity contribution in [1.29, 1.82) is 0 Å². The Morgan fingerprint density at radius 2 is 2.21 bits per heavy atom. The predicted molar refractivity (Wildman–Crippen MR) is 82.7 cm³/mol. The summed E-state index contributed by atoms with van der Waals surface area (Å²) in [5, 5.41) is 13.7. The number of carboxylic acid groups (broad SMARTS) is 1. The van der Waals surface area contributed by atoms with Crippen LogP contribution in [-0.4, -0.2) is 44.7 Å². The van der Waals surface area contributed by atoms with Gasteiger partial charge in [-0.2, -0.15) is 14.8 Å². The maximum Gasteiger partial charge on any atom is 0.341 e. The molecule has 11 heteroatoms. The van der Waals surface area contributed by atoms with Crippen LogP contribution < -0.4 is 5.43 Å². The van der Waals surface area contributed by atoms with E-state index in [0.29, 0.717) is 10.8 Å². The van der Waals surface area contributed by atoms with Gasteiger partial charge in [-0.1, -0.05) is 0 Å². The summed E-state index contributed by atoms with van der Waals surface area (Å²) in [6, 6.07) is 3.09. The Hall–Kier alpha value is -3.47. The summed E-state index contributed by atoms with van der Waals surface area (Å²) in [6.45, 7) is 0. The van der Waals surface area contributed by atoms with Gasteiger partial charge >= 0.3 is 5.97 Å². The lowest BCUT2D eigenvalue weighted by Gasteiger charge is -2.07. The molecule has 4 heterocycles. The monoisotopic (exact) mass is 341 g/mol. The zero-order valence-corrected chi connectivity index (χ0v) is 12.6. The van der Waals surface area contributed by atoms with E-state index >= 15 is 0 Å². The number of aromatic carboxylic acids is 1. The van der Waals surface area contributed by atoms with Gasteiger partial charge in [-0.05, 0) is 12.1 Å². The summed E-state index contributed by atoms with van der Waals surface area (Å²) in [5.74, 6) is -1.03. The summed E-state index contributed by atoms with van der Waals surface area (Å²) < 4.78 is 6.96. The van der Waals surface area contributed by atoms with Crippen LogP contribution in [0.1, 0.15) is 10.4 Å². The number of fused-ring (bicyclic) bond motifs is 1. The Bertz CT molecular complexity index is 1120. The first-order chi connectivity index (χ1) is 11.6. The average Bonchev–Trinajstić information content (AvgIpc) is 3.26. The zero-order chi connectivity index (χ0) is 16.7. The Morgan fingerprint density at radius 1 is 1.33 bits per heavy atom. The van der Waals surface area contributed by atoms with Crippen LogP contribution in [0.2, 0.25) is 0 Å². The minimum atomic E-state index is -1.32. The number of hydrogen-bond donors (Lipinski definition) is 1. The minimum absolute atomic E-state index is 0.190. The average molecular weight is 341 g/mol. The van der Waals surface area contributed by atoms with Crippen molar-refractivity contribution in [3.8, 4) is 11.1 Å². The SMILES string of the molecule is O=C(O)c1cn(-c2nc(-n3cncn3)ns2)c2ncccc2c1=O. The molecule has 0 bridgehead atoms. The number of carbonyl (C=O) groups is 1. The first-order valence-corrected chi connectivity index (χ1v) is 7.35. The van der Waals surface area contributed by atoms with Gasteiger partial charge in [0.1, 0.15) is 23.9 Å². The van der Waals surface area contributed by atoms with Gasteiger partial charge < -0.3 is 5.11 Å². The molecular formula is C13H7N7O3S. The molecule has 0 aromatic carbocycles. The number of nitrogens with zero attached hydrogens (tertiary/aromatic N) is 7. The second-order valence-electron chi connectivity index (χ2n) is 4.64. The van der Waals surface area contributed by atoms with Crippen LogP contribution in [0, 0.1) is 0 Å². The number of rotatable bonds is 3. The molecule has 0 spiro atoms. The molecule has 10 nitrogen and oxygen atoms in total. The topological polar surface area (TPSA) is 129 Å². The van der Waals surface area contributed by atoms with Gasteiger partial charge in [-0.15, -0.1) is 4.37 Å². The Labute approximate surface area is 136 Å². The fourth-order valence-electron chi connectivity index (χ4n) is 2.17. The lowest BCUT2D eigenvalue weighted by atomic mass is 10.2. The molecule has 0 unspecified atom stereocenters. The fraction of sp³-hybridized carbons (Fsp3) is 0. The van der Waals surface area contributed by atoms with Crippen molar-refractivity contribution in [1.82, 2.24) is 33.7 Å². The number of aromatic nitrogens is 7. The standard InChI is InChI=1S/C13H7N7O3S/c21-9-7-2-1-3-15-10(7)19(4-8(9)11(22)23)13-17-12(18-24-13)20-6-14-5-16-20/h1-6H,(H,22,23). The molecule has 0 radical (unpaired) electrons. The fourth-order valence-corrected chi connectivity index (χ4v) is 2.81. The van der Waals surface area contributed by atoms with Crippen molar-refractivity contribution >= 4 is 28.5 Å². The van der Waals surface area contributed by atoms with E-state index in [2.05, 4.69) is 24.4 Å². The van der Waals surface area contributed by atoms with E-state index in [1.165, 1.54) is 40.4 Å². The molecule has 24 heavy (non-hydrogen) atoms. The van der Waals surface area contributed by atoms with Crippen molar-refractivity contribution in [2.24, 2.45) is 0 Å². The van der Waals surface area contributed by atoms with Crippen LogP contribution in [0.4, 0.5) is 0 Å². The lowest BCUT2D eigenvalue weighted by molar-refractivity contribution is 0.0695. The van der Waals surface area contributed by atoms with E-state index in [4.69, 9.17) is 0 Å². The van der Waals surface area contributed by atoms with Crippen LogP contribution in [0.15, 0.2) is 42.0 Å². The quantitative estimate of drug-likeness (QED) is 0.571. The van der Waals surface area contributed by atoms with Gasteiger partial charge in [0, 0.05) is 23.9 Å². The van der Waals surface area contributed by atoms with E-state index < -0.39 is 11.4 Å². The second kappa shape index (κ2) is 5.31. The van der Waals surface area contributed by atoms with E-state index in [1.54, 1.807) is 6.07 Å². The maximum absolute atomic E-state index is 12.3. The van der Waals surface area contributed by atoms with Crippen molar-refractivity contribution in [2.75, 3.05) is 0 Å². The van der Waals surface area contributed by atoms with Crippen LogP contribution in [0.25, 0.3) is 22.1 Å². The Kier molecular flexibility index (Phi) is 3.13. The molecule has 0 amide bonds. The first kappa shape index (κ1) is 14.1. The van der Waals surface area contributed by atoms with Crippen molar-refractivity contribution in [3.63, 3.8) is 0 Å². The molecule has 0 aliphatic carbocycles. The molecule has 118 valence electrons. The summed E-state index contributed by atoms with van der Waals surface area (Å²) in [5.41, 5.74) is -0.662. The number of carboxylic acids is 1. The predicted octanol–water partition coefficient (Wildman–Crippen LogP) is 0.516. The molecule has 0 saturated heterocycles. The van der Waals surface area contributed by atoms with Crippen LogP contribution in [0.5, 0.6) is 0 Å². The van der Waals surface area contributed by atoms with E-state index in [1.807, 2.05) is 0 Å². The van der Waals surface area contributed by atoms with Crippen molar-refractivity contribution in [3.05, 3.63) is 53.0 Å². The highest BCUT2D eigenvalue weighted by Crippen LogP contribution is 2.18. The molecule has 4 rings (SSSR count). The largest absolute Gasteiger partial charge is 0.477 e. The van der Waals surface area contributed by atoms with Gasteiger partial charge in [0.2, 0.25) is 10.6 Å². The van der Waals surface area contributed by atoms with Gasteiger partial charge in [-0.25, -0.2) is 14.8 Å². The van der Waals surface area contributed by atoms with Gasteiger partial charge in [0.25, 0.3) is 5.95 Å². The molecule has 0 fully saturated rings. The third-order valence-electron chi connectivity index (χ3n) is 3.23. The first-order valence-electron chi connectivity index (χ1n) is 6.58. The molecule has 0 saturated carbocycles. The van der Waals surface area contributed by atoms with Gasteiger partial charge in [0.15, 0.2) is 0 Å². The third-order valence-corrected chi connectivity index (χ3v) is 3.93. The number of hydrogen-bond acceptors (Lipinski definition) is 8. The molecule has 1 N–H and O–H groups in total. The maximum atomic E-state index is 12.3. The third kappa shape index (κ3) is 2.14. The summed E-state index contributed by atoms with van der Waals surface area (Å²) in [7, 11) is 0. The zero-order valence-electron chi connectivity index (χ0n) is 11.8. The normalized spacial score (nSPS) is 11.0. The highest BCUT2D eigenvalue weighted by Gasteiger charge is 2.18. The van der Waals surface area contributed by atoms with Crippen LogP contribution >= 0.6 is 11.5 Å². The highest BCUT2D eigenvalue weighted by atomic mass is 32.1. The van der Waals surface area contributed by atoms with E-state index in [-0.39, 0.29) is 16.9 Å². The van der Waals surface area contributed by atoms with Crippen LogP contribution in [-0.2, 0) is 0 Å². The molecule has 4 aromatic heterocycles. The number of pyridine rings is 2.